The summed E-state index contributed by atoms with van der Waals surface area (Å²) in [5.74, 6) is 0. The van der Waals surface area contributed by atoms with E-state index < -0.39 is 0 Å². The summed E-state index contributed by atoms with van der Waals surface area (Å²) in [7, 11) is 0. The van der Waals surface area contributed by atoms with E-state index in [4.69, 9.17) is 0 Å². The van der Waals surface area contributed by atoms with Gasteiger partial charge in [0.1, 0.15) is 0 Å². The van der Waals surface area contributed by atoms with Crippen molar-refractivity contribution in [3.8, 4) is 0 Å². The Balaban J connectivity index is 2.67. The minimum Gasteiger partial charge on any atom is -0.310 e. The molecule has 94 valence electrons. The van der Waals surface area contributed by atoms with Gasteiger partial charge in [-0.2, -0.15) is 0 Å². The molecule has 0 saturated carbocycles. The molecule has 0 aliphatic heterocycles. The van der Waals surface area contributed by atoms with Crippen LogP contribution in [0.4, 0.5) is 0 Å². The van der Waals surface area contributed by atoms with E-state index in [1.54, 1.807) is 0 Å². The van der Waals surface area contributed by atoms with Crippen LogP contribution < -0.4 is 5.32 Å². The predicted molar refractivity (Wildman–Crippen MR) is 76.3 cm³/mol. The summed E-state index contributed by atoms with van der Waals surface area (Å²) >= 11 is 0. The van der Waals surface area contributed by atoms with Crippen molar-refractivity contribution in [1.82, 2.24) is 5.32 Å². The van der Waals surface area contributed by atoms with Gasteiger partial charge in [0.2, 0.25) is 0 Å². The van der Waals surface area contributed by atoms with Crippen LogP contribution in [0.1, 0.15) is 49.8 Å². The summed E-state index contributed by atoms with van der Waals surface area (Å²) in [6, 6.07) is 9.19. The maximum absolute atomic E-state index is 3.79. The first-order chi connectivity index (χ1) is 8.29. The van der Waals surface area contributed by atoms with Crippen LogP contribution in [0.2, 0.25) is 0 Å². The minimum atomic E-state index is 0.496. The Bertz CT molecular complexity index is 330. The molecule has 0 amide bonds. The monoisotopic (exact) mass is 231 g/mol. The van der Waals surface area contributed by atoms with Gasteiger partial charge in [0.15, 0.2) is 0 Å². The largest absolute Gasteiger partial charge is 0.310 e. The molecule has 0 aliphatic rings. The third-order valence-electron chi connectivity index (χ3n) is 3.11. The molecule has 1 atom stereocenters. The lowest BCUT2D eigenvalue weighted by atomic mass is 9.96. The highest BCUT2D eigenvalue weighted by Crippen LogP contribution is 2.22. The van der Waals surface area contributed by atoms with Crippen molar-refractivity contribution in [3.05, 3.63) is 48.0 Å². The third-order valence-corrected chi connectivity index (χ3v) is 3.11. The number of unbranched alkanes of at least 4 members (excludes halogenated alkanes) is 1. The van der Waals surface area contributed by atoms with Crippen molar-refractivity contribution in [3.63, 3.8) is 0 Å². The van der Waals surface area contributed by atoms with Crippen LogP contribution in [-0.4, -0.2) is 6.54 Å². The number of hydrogen-bond acceptors (Lipinski definition) is 1. The highest BCUT2D eigenvalue weighted by molar-refractivity contribution is 5.28. The van der Waals surface area contributed by atoms with Gasteiger partial charge in [-0.25, -0.2) is 0 Å². The van der Waals surface area contributed by atoms with E-state index in [1.165, 1.54) is 30.4 Å². The standard InChI is InChI=1S/C16H25N/c1-4-6-7-12-16(17-13-5-2)15-11-9-8-10-14(15)3/h4,8-11,16-17H,1,5-7,12-13H2,2-3H3. The molecule has 0 heterocycles. The number of aryl methyl sites for hydroxylation is 1. The van der Waals surface area contributed by atoms with Gasteiger partial charge in [-0.05, 0) is 50.3 Å². The van der Waals surface area contributed by atoms with E-state index in [0.29, 0.717) is 6.04 Å². The zero-order valence-electron chi connectivity index (χ0n) is 11.2. The maximum Gasteiger partial charge on any atom is 0.0322 e. The second-order valence-corrected chi connectivity index (χ2v) is 4.58. The molecule has 1 heteroatoms. The van der Waals surface area contributed by atoms with Gasteiger partial charge in [0, 0.05) is 6.04 Å². The molecule has 1 aromatic carbocycles. The van der Waals surface area contributed by atoms with Crippen LogP contribution >= 0.6 is 0 Å². The summed E-state index contributed by atoms with van der Waals surface area (Å²) < 4.78 is 0. The molecule has 0 aromatic heterocycles. The smallest absolute Gasteiger partial charge is 0.0322 e. The van der Waals surface area contributed by atoms with E-state index in [2.05, 4.69) is 50.0 Å². The third kappa shape index (κ3) is 4.74. The fourth-order valence-corrected chi connectivity index (χ4v) is 2.13. The summed E-state index contributed by atoms with van der Waals surface area (Å²) in [4.78, 5) is 0. The predicted octanol–water partition coefficient (Wildman–Crippen LogP) is 4.39. The summed E-state index contributed by atoms with van der Waals surface area (Å²) in [6.07, 6.45) is 6.70. The lowest BCUT2D eigenvalue weighted by molar-refractivity contribution is 0.484. The second-order valence-electron chi connectivity index (χ2n) is 4.58. The van der Waals surface area contributed by atoms with Crippen LogP contribution in [0.15, 0.2) is 36.9 Å². The number of hydrogen-bond donors (Lipinski definition) is 1. The Labute approximate surface area is 106 Å². The molecule has 0 spiro atoms. The van der Waals surface area contributed by atoms with Crippen molar-refractivity contribution in [2.45, 2.75) is 45.6 Å². The van der Waals surface area contributed by atoms with Crippen LogP contribution in [0.25, 0.3) is 0 Å². The van der Waals surface area contributed by atoms with Gasteiger partial charge in [-0.3, -0.25) is 0 Å². The van der Waals surface area contributed by atoms with E-state index in [0.717, 1.165) is 13.0 Å². The Morgan fingerprint density at radius 3 is 2.76 bits per heavy atom. The fraction of sp³-hybridized carbons (Fsp3) is 0.500. The van der Waals surface area contributed by atoms with Crippen molar-refractivity contribution in [1.29, 1.82) is 0 Å². The molecule has 1 N–H and O–H groups in total. The molecular formula is C16H25N. The van der Waals surface area contributed by atoms with Gasteiger partial charge in [0.05, 0.1) is 0 Å². The molecule has 0 bridgehead atoms. The number of benzene rings is 1. The first-order valence-corrected chi connectivity index (χ1v) is 6.69. The van der Waals surface area contributed by atoms with Gasteiger partial charge in [-0.15, -0.1) is 6.58 Å². The molecular weight excluding hydrogens is 206 g/mol. The molecule has 17 heavy (non-hydrogen) atoms. The average molecular weight is 231 g/mol. The minimum absolute atomic E-state index is 0.496. The lowest BCUT2D eigenvalue weighted by Gasteiger charge is -2.20. The Morgan fingerprint density at radius 1 is 1.35 bits per heavy atom. The molecule has 1 unspecified atom stereocenters. The van der Waals surface area contributed by atoms with Crippen molar-refractivity contribution >= 4 is 0 Å². The van der Waals surface area contributed by atoms with Crippen molar-refractivity contribution in [2.75, 3.05) is 6.54 Å². The molecule has 1 rings (SSSR count). The quantitative estimate of drug-likeness (QED) is 0.517. The van der Waals surface area contributed by atoms with Gasteiger partial charge in [-0.1, -0.05) is 37.3 Å². The van der Waals surface area contributed by atoms with Crippen LogP contribution in [0.5, 0.6) is 0 Å². The van der Waals surface area contributed by atoms with E-state index in [-0.39, 0.29) is 0 Å². The van der Waals surface area contributed by atoms with E-state index >= 15 is 0 Å². The lowest BCUT2D eigenvalue weighted by Crippen LogP contribution is -2.22. The molecule has 0 radical (unpaired) electrons. The zero-order valence-corrected chi connectivity index (χ0v) is 11.2. The highest BCUT2D eigenvalue weighted by atomic mass is 14.9. The Morgan fingerprint density at radius 2 is 2.12 bits per heavy atom. The number of rotatable bonds is 8. The van der Waals surface area contributed by atoms with Gasteiger partial charge in [0.25, 0.3) is 0 Å². The highest BCUT2D eigenvalue weighted by Gasteiger charge is 2.11. The fourth-order valence-electron chi connectivity index (χ4n) is 2.13. The Hall–Kier alpha value is -1.08. The van der Waals surface area contributed by atoms with Gasteiger partial charge < -0.3 is 5.32 Å². The first kappa shape index (κ1) is 14.0. The van der Waals surface area contributed by atoms with Crippen molar-refractivity contribution in [2.24, 2.45) is 0 Å². The second kappa shape index (κ2) is 8.08. The van der Waals surface area contributed by atoms with E-state index in [9.17, 15) is 0 Å². The summed E-state index contributed by atoms with van der Waals surface area (Å²) in [5.41, 5.74) is 2.84. The zero-order chi connectivity index (χ0) is 12.5. The van der Waals surface area contributed by atoms with Crippen LogP contribution in [0.3, 0.4) is 0 Å². The van der Waals surface area contributed by atoms with Crippen molar-refractivity contribution < 1.29 is 0 Å². The molecule has 0 saturated heterocycles. The Kier molecular flexibility index (Phi) is 6.64. The molecule has 1 aromatic rings. The van der Waals surface area contributed by atoms with Crippen LogP contribution in [-0.2, 0) is 0 Å². The topological polar surface area (TPSA) is 12.0 Å². The summed E-state index contributed by atoms with van der Waals surface area (Å²) in [5, 5.41) is 3.65. The SMILES string of the molecule is C=CCCCC(NCCC)c1ccccc1C. The molecule has 1 nitrogen and oxygen atoms in total. The van der Waals surface area contributed by atoms with Gasteiger partial charge >= 0.3 is 0 Å². The van der Waals surface area contributed by atoms with Crippen LogP contribution in [0, 0.1) is 6.92 Å². The number of nitrogens with one attached hydrogen (secondary N) is 1. The average Bonchev–Trinajstić information content (AvgIpc) is 2.35. The number of allylic oxidation sites excluding steroid dienone is 1. The normalized spacial score (nSPS) is 12.4. The first-order valence-electron chi connectivity index (χ1n) is 6.69. The van der Waals surface area contributed by atoms with E-state index in [1.807, 2.05) is 6.08 Å². The summed E-state index contributed by atoms with van der Waals surface area (Å²) in [6.45, 7) is 9.29. The maximum atomic E-state index is 3.79. The molecule has 0 aliphatic carbocycles. The molecule has 0 fully saturated rings.